The molecule has 1 aliphatic carbocycles. The average molecular weight is 262 g/mol. The molecule has 96 valence electrons. The lowest BCUT2D eigenvalue weighted by Gasteiger charge is -2.43. The zero-order valence-corrected chi connectivity index (χ0v) is 10.4. The maximum Gasteiger partial charge on any atom is 0.309 e. The van der Waals surface area contributed by atoms with Gasteiger partial charge in [0.15, 0.2) is 9.84 Å². The highest BCUT2D eigenvalue weighted by atomic mass is 32.2. The molecule has 1 heterocycles. The molecule has 17 heavy (non-hydrogen) atoms. The monoisotopic (exact) mass is 262 g/mol. The second kappa shape index (κ2) is 3.97. The van der Waals surface area contributed by atoms with E-state index in [1.54, 1.807) is 0 Å². The molecule has 0 aromatic heterocycles. The lowest BCUT2D eigenvalue weighted by atomic mass is 9.58. The maximum absolute atomic E-state index is 11.6. The summed E-state index contributed by atoms with van der Waals surface area (Å²) in [5, 5.41) is 0. The van der Waals surface area contributed by atoms with Crippen molar-refractivity contribution in [3.63, 3.8) is 0 Å². The van der Waals surface area contributed by atoms with Crippen LogP contribution in [0.25, 0.3) is 0 Å². The molecule has 0 aromatic rings. The van der Waals surface area contributed by atoms with Crippen molar-refractivity contribution in [2.45, 2.75) is 0 Å². The van der Waals surface area contributed by atoms with Crippen molar-refractivity contribution in [1.29, 1.82) is 0 Å². The van der Waals surface area contributed by atoms with Crippen LogP contribution in [-0.4, -0.2) is 46.1 Å². The first-order valence-electron chi connectivity index (χ1n) is 5.27. The number of sulfone groups is 1. The quantitative estimate of drug-likeness (QED) is 0.608. The maximum atomic E-state index is 11.6. The van der Waals surface area contributed by atoms with E-state index in [9.17, 15) is 18.0 Å². The molecule has 0 N–H and O–H groups in total. The number of hydrogen-bond acceptors (Lipinski definition) is 6. The van der Waals surface area contributed by atoms with Gasteiger partial charge in [-0.15, -0.1) is 0 Å². The predicted octanol–water partition coefficient (Wildman–Crippen LogP) is -0.761. The van der Waals surface area contributed by atoms with Crippen LogP contribution in [0.1, 0.15) is 0 Å². The van der Waals surface area contributed by atoms with Crippen molar-refractivity contribution in [2.24, 2.45) is 23.7 Å². The third-order valence-electron chi connectivity index (χ3n) is 3.70. The molecular weight excluding hydrogens is 248 g/mol. The lowest BCUT2D eigenvalue weighted by molar-refractivity contribution is -0.174. The van der Waals surface area contributed by atoms with Crippen LogP contribution in [0, 0.1) is 23.7 Å². The molecule has 2 rings (SSSR count). The van der Waals surface area contributed by atoms with E-state index in [1.807, 2.05) is 0 Å². The first kappa shape index (κ1) is 12.3. The number of hydrogen-bond donors (Lipinski definition) is 0. The summed E-state index contributed by atoms with van der Waals surface area (Å²) < 4.78 is 32.2. The summed E-state index contributed by atoms with van der Waals surface area (Å²) in [6, 6.07) is 0. The van der Waals surface area contributed by atoms with Gasteiger partial charge in [-0.2, -0.15) is 0 Å². The molecule has 1 saturated carbocycles. The zero-order valence-electron chi connectivity index (χ0n) is 9.58. The minimum atomic E-state index is -3.15. The van der Waals surface area contributed by atoms with Crippen molar-refractivity contribution in [3.05, 3.63) is 0 Å². The lowest BCUT2D eigenvalue weighted by Crippen LogP contribution is -2.54. The smallest absolute Gasteiger partial charge is 0.309 e. The Kier molecular flexibility index (Phi) is 2.89. The third kappa shape index (κ3) is 1.82. The van der Waals surface area contributed by atoms with E-state index in [2.05, 4.69) is 9.47 Å². The summed E-state index contributed by atoms with van der Waals surface area (Å²) in [5.74, 6) is -3.06. The Morgan fingerprint density at radius 2 is 1.29 bits per heavy atom. The van der Waals surface area contributed by atoms with Gasteiger partial charge in [-0.3, -0.25) is 9.59 Å². The minimum Gasteiger partial charge on any atom is -0.469 e. The van der Waals surface area contributed by atoms with Crippen LogP contribution < -0.4 is 0 Å². The van der Waals surface area contributed by atoms with Crippen molar-refractivity contribution in [1.82, 2.24) is 0 Å². The standard InChI is InChI=1S/C10H14O6S/c1-15-9(11)7-5-3-17(13,14)4-6(5)8(7)10(12)16-2/h5-8H,3-4H2,1-2H3. The summed E-state index contributed by atoms with van der Waals surface area (Å²) >= 11 is 0. The number of methoxy groups -OCH3 is 2. The molecule has 0 aromatic carbocycles. The van der Waals surface area contributed by atoms with Gasteiger partial charge in [0.25, 0.3) is 0 Å². The highest BCUT2D eigenvalue weighted by Crippen LogP contribution is 2.52. The zero-order chi connectivity index (χ0) is 12.8. The van der Waals surface area contributed by atoms with Gasteiger partial charge in [-0.1, -0.05) is 0 Å². The number of carbonyl (C=O) groups excluding carboxylic acids is 2. The van der Waals surface area contributed by atoms with E-state index < -0.39 is 33.6 Å². The molecular formula is C10H14O6S. The number of rotatable bonds is 2. The highest BCUT2D eigenvalue weighted by Gasteiger charge is 2.63. The van der Waals surface area contributed by atoms with Crippen LogP contribution in [0.4, 0.5) is 0 Å². The fraction of sp³-hybridized carbons (Fsp3) is 0.800. The Morgan fingerprint density at radius 3 is 1.59 bits per heavy atom. The second-order valence-corrected chi connectivity index (χ2v) is 6.66. The molecule has 4 atom stereocenters. The summed E-state index contributed by atoms with van der Waals surface area (Å²) in [7, 11) is -0.688. The van der Waals surface area contributed by atoms with Crippen LogP contribution >= 0.6 is 0 Å². The van der Waals surface area contributed by atoms with E-state index in [0.29, 0.717) is 0 Å². The normalized spacial score (nSPS) is 37.8. The van der Waals surface area contributed by atoms with Crippen LogP contribution in [-0.2, 0) is 28.9 Å². The Hall–Kier alpha value is -1.11. The van der Waals surface area contributed by atoms with Gasteiger partial charge in [0, 0.05) is 0 Å². The Balaban J connectivity index is 2.26. The molecule has 0 radical (unpaired) electrons. The second-order valence-electron chi connectivity index (χ2n) is 4.50. The summed E-state index contributed by atoms with van der Waals surface area (Å²) in [5.41, 5.74) is 0. The van der Waals surface area contributed by atoms with Crippen molar-refractivity contribution >= 4 is 21.8 Å². The highest BCUT2D eigenvalue weighted by molar-refractivity contribution is 7.91. The Morgan fingerprint density at radius 1 is 0.941 bits per heavy atom. The molecule has 2 aliphatic rings. The summed E-state index contributed by atoms with van der Waals surface area (Å²) in [6.45, 7) is 0. The predicted molar refractivity (Wildman–Crippen MR) is 56.6 cm³/mol. The summed E-state index contributed by atoms with van der Waals surface area (Å²) in [4.78, 5) is 23.1. The van der Waals surface area contributed by atoms with Crippen LogP contribution in [0.5, 0.6) is 0 Å². The molecule has 6 nitrogen and oxygen atoms in total. The SMILES string of the molecule is COC(=O)C1C2CS(=O)(=O)CC2C1C(=O)OC. The first-order chi connectivity index (χ1) is 7.91. The largest absolute Gasteiger partial charge is 0.469 e. The molecule has 1 saturated heterocycles. The fourth-order valence-corrected chi connectivity index (χ4v) is 5.16. The number of esters is 2. The minimum absolute atomic E-state index is 0.0368. The first-order valence-corrected chi connectivity index (χ1v) is 7.09. The molecule has 0 spiro atoms. The van der Waals surface area contributed by atoms with E-state index in [4.69, 9.17) is 0 Å². The van der Waals surface area contributed by atoms with E-state index in [1.165, 1.54) is 14.2 Å². The van der Waals surface area contributed by atoms with Gasteiger partial charge >= 0.3 is 11.9 Å². The van der Waals surface area contributed by atoms with E-state index in [0.717, 1.165) is 0 Å². The number of ether oxygens (including phenoxy) is 2. The molecule has 0 amide bonds. The van der Waals surface area contributed by atoms with E-state index in [-0.39, 0.29) is 23.3 Å². The van der Waals surface area contributed by atoms with Crippen molar-refractivity contribution in [2.75, 3.05) is 25.7 Å². The molecule has 2 fully saturated rings. The summed E-state index contributed by atoms with van der Waals surface area (Å²) in [6.07, 6.45) is 0. The van der Waals surface area contributed by atoms with Crippen molar-refractivity contribution in [3.8, 4) is 0 Å². The Bertz CT molecular complexity index is 417. The van der Waals surface area contributed by atoms with E-state index >= 15 is 0 Å². The molecule has 7 heteroatoms. The molecule has 1 aliphatic heterocycles. The van der Waals surface area contributed by atoms with Gasteiger partial charge in [0.1, 0.15) is 0 Å². The Labute approximate surface area is 99.2 Å². The van der Waals surface area contributed by atoms with Gasteiger partial charge in [-0.05, 0) is 11.8 Å². The van der Waals surface area contributed by atoms with Crippen molar-refractivity contribution < 1.29 is 27.5 Å². The van der Waals surface area contributed by atoms with Gasteiger partial charge in [0.2, 0.25) is 0 Å². The third-order valence-corrected chi connectivity index (χ3v) is 5.48. The number of carbonyl (C=O) groups is 2. The van der Waals surface area contributed by atoms with Crippen LogP contribution in [0.2, 0.25) is 0 Å². The van der Waals surface area contributed by atoms with Gasteiger partial charge in [-0.25, -0.2) is 8.42 Å². The van der Waals surface area contributed by atoms with Gasteiger partial charge < -0.3 is 9.47 Å². The van der Waals surface area contributed by atoms with Crippen LogP contribution in [0.3, 0.4) is 0 Å². The van der Waals surface area contributed by atoms with Gasteiger partial charge in [0.05, 0.1) is 37.6 Å². The molecule has 4 unspecified atom stereocenters. The topological polar surface area (TPSA) is 86.7 Å². The molecule has 0 bridgehead atoms. The fourth-order valence-electron chi connectivity index (χ4n) is 2.94. The average Bonchev–Trinajstić information content (AvgIpc) is 2.53. The number of fused-ring (bicyclic) bond motifs is 1. The van der Waals surface area contributed by atoms with Crippen LogP contribution in [0.15, 0.2) is 0 Å².